The first-order valence-electron chi connectivity index (χ1n) is 6.98. The number of aromatic nitrogens is 1. The molecule has 0 saturated heterocycles. The van der Waals surface area contributed by atoms with E-state index in [1.165, 1.54) is 24.0 Å². The molecule has 112 valence electrons. The van der Waals surface area contributed by atoms with Crippen molar-refractivity contribution < 1.29 is 9.53 Å². The lowest BCUT2D eigenvalue weighted by atomic mass is 9.97. The van der Waals surface area contributed by atoms with Crippen LogP contribution in [0.5, 0.6) is 0 Å². The molecule has 0 aliphatic heterocycles. The number of nitrogens with zero attached hydrogens (tertiary/aromatic N) is 1. The number of methoxy groups -OCH3 is 1. The van der Waals surface area contributed by atoms with Gasteiger partial charge in [0.05, 0.1) is 5.69 Å². The topological polar surface area (TPSA) is 51.2 Å². The minimum absolute atomic E-state index is 0.0402. The van der Waals surface area contributed by atoms with Gasteiger partial charge in [-0.2, -0.15) is 0 Å². The lowest BCUT2D eigenvalue weighted by Crippen LogP contribution is -2.16. The fourth-order valence-electron chi connectivity index (χ4n) is 1.97. The molecular formula is C16H20N2O2S. The molecule has 0 aliphatic carbocycles. The van der Waals surface area contributed by atoms with Crippen molar-refractivity contribution in [2.45, 2.75) is 26.2 Å². The molecular weight excluding hydrogens is 284 g/mol. The number of ether oxygens (including phenoxy) is 1. The summed E-state index contributed by atoms with van der Waals surface area (Å²) in [5.41, 5.74) is 3.28. The molecule has 21 heavy (non-hydrogen) atoms. The predicted molar refractivity (Wildman–Crippen MR) is 86.8 cm³/mol. The molecule has 1 aromatic heterocycles. The molecule has 2 aromatic rings. The predicted octanol–water partition coefficient (Wildman–Crippen LogP) is 3.91. The van der Waals surface area contributed by atoms with Gasteiger partial charge < -0.3 is 4.74 Å². The number of nitrogens with one attached hydrogen (secondary N) is 1. The van der Waals surface area contributed by atoms with E-state index >= 15 is 0 Å². The Labute approximate surface area is 129 Å². The molecule has 4 nitrogen and oxygen atoms in total. The number of anilines is 1. The smallest absolute Gasteiger partial charge is 0.252 e. The Kier molecular flexibility index (Phi) is 5.47. The number of thiazole rings is 1. The van der Waals surface area contributed by atoms with Crippen molar-refractivity contribution in [3.05, 3.63) is 35.2 Å². The van der Waals surface area contributed by atoms with E-state index in [2.05, 4.69) is 48.4 Å². The highest BCUT2D eigenvalue weighted by Crippen LogP contribution is 2.27. The zero-order chi connectivity index (χ0) is 15.2. The molecule has 5 heteroatoms. The first-order valence-corrected chi connectivity index (χ1v) is 7.86. The molecule has 0 unspecified atom stereocenters. The second-order valence-electron chi connectivity index (χ2n) is 4.95. The highest BCUT2D eigenvalue weighted by molar-refractivity contribution is 7.14. The molecule has 1 amide bonds. The molecule has 1 N–H and O–H groups in total. The van der Waals surface area contributed by atoms with E-state index in [0.717, 1.165) is 17.7 Å². The van der Waals surface area contributed by atoms with Crippen LogP contribution in [0.15, 0.2) is 29.6 Å². The zero-order valence-electron chi connectivity index (χ0n) is 12.6. The summed E-state index contributed by atoms with van der Waals surface area (Å²) in [4.78, 5) is 15.9. The molecule has 0 bridgehead atoms. The normalized spacial score (nSPS) is 12.1. The summed E-state index contributed by atoms with van der Waals surface area (Å²) in [6.07, 6.45) is 1.13. The van der Waals surface area contributed by atoms with Crippen LogP contribution in [0, 0.1) is 0 Å². The Morgan fingerprint density at radius 2 is 2.10 bits per heavy atom. The van der Waals surface area contributed by atoms with Gasteiger partial charge in [-0.15, -0.1) is 11.3 Å². The summed E-state index contributed by atoms with van der Waals surface area (Å²) in [7, 11) is 1.49. The third kappa shape index (κ3) is 4.12. The summed E-state index contributed by atoms with van der Waals surface area (Å²) >= 11 is 1.41. The van der Waals surface area contributed by atoms with Gasteiger partial charge in [-0.25, -0.2) is 4.98 Å². The Morgan fingerprint density at radius 3 is 2.71 bits per heavy atom. The number of carbonyl (C=O) groups excluding carboxylic acids is 1. The summed E-state index contributed by atoms with van der Waals surface area (Å²) in [5.74, 6) is 0.379. The van der Waals surface area contributed by atoms with Gasteiger partial charge in [0.15, 0.2) is 5.13 Å². The minimum Gasteiger partial charge on any atom is -0.375 e. The molecule has 1 heterocycles. The van der Waals surface area contributed by atoms with Crippen LogP contribution in [0.4, 0.5) is 5.13 Å². The summed E-state index contributed by atoms with van der Waals surface area (Å²) in [6, 6.07) is 8.45. The van der Waals surface area contributed by atoms with Crippen LogP contribution < -0.4 is 5.32 Å². The number of hydrogen-bond acceptors (Lipinski definition) is 4. The molecule has 0 saturated carbocycles. The van der Waals surface area contributed by atoms with Crippen molar-refractivity contribution in [2.75, 3.05) is 19.0 Å². The third-order valence-corrected chi connectivity index (χ3v) is 4.17. The van der Waals surface area contributed by atoms with Gasteiger partial charge in [-0.3, -0.25) is 10.1 Å². The quantitative estimate of drug-likeness (QED) is 0.880. The van der Waals surface area contributed by atoms with Crippen LogP contribution >= 0.6 is 11.3 Å². The summed E-state index contributed by atoms with van der Waals surface area (Å²) < 4.78 is 4.78. The second-order valence-corrected chi connectivity index (χ2v) is 5.81. The molecule has 0 radical (unpaired) electrons. The molecule has 2 rings (SSSR count). The van der Waals surface area contributed by atoms with E-state index in [-0.39, 0.29) is 12.5 Å². The fraction of sp³-hybridized carbons (Fsp3) is 0.375. The number of carbonyl (C=O) groups is 1. The Morgan fingerprint density at radius 1 is 1.38 bits per heavy atom. The largest absolute Gasteiger partial charge is 0.375 e. The lowest BCUT2D eigenvalue weighted by molar-refractivity contribution is -0.119. The highest BCUT2D eigenvalue weighted by atomic mass is 32.1. The van der Waals surface area contributed by atoms with E-state index in [4.69, 9.17) is 4.74 Å². The van der Waals surface area contributed by atoms with Crippen LogP contribution in [-0.4, -0.2) is 24.6 Å². The summed E-state index contributed by atoms with van der Waals surface area (Å²) in [5, 5.41) is 5.26. The van der Waals surface area contributed by atoms with Crippen molar-refractivity contribution >= 4 is 22.4 Å². The summed E-state index contributed by atoms with van der Waals surface area (Å²) in [6.45, 7) is 4.45. The van der Waals surface area contributed by atoms with Gasteiger partial charge in [-0.1, -0.05) is 38.1 Å². The van der Waals surface area contributed by atoms with Gasteiger partial charge in [0.1, 0.15) is 6.61 Å². The Balaban J connectivity index is 2.08. The van der Waals surface area contributed by atoms with Crippen molar-refractivity contribution in [3.8, 4) is 11.3 Å². The minimum atomic E-state index is -0.189. The molecule has 0 fully saturated rings. The van der Waals surface area contributed by atoms with E-state index in [1.807, 2.05) is 5.38 Å². The van der Waals surface area contributed by atoms with Crippen molar-refractivity contribution in [1.82, 2.24) is 4.98 Å². The number of amides is 1. The van der Waals surface area contributed by atoms with Gasteiger partial charge in [-0.05, 0) is 17.9 Å². The number of hydrogen-bond donors (Lipinski definition) is 1. The number of rotatable bonds is 6. The van der Waals surface area contributed by atoms with Crippen molar-refractivity contribution in [3.63, 3.8) is 0 Å². The van der Waals surface area contributed by atoms with Crippen LogP contribution in [0.2, 0.25) is 0 Å². The zero-order valence-corrected chi connectivity index (χ0v) is 13.4. The molecule has 1 aromatic carbocycles. The average molecular weight is 304 g/mol. The Hall–Kier alpha value is -1.72. The second kappa shape index (κ2) is 7.33. The van der Waals surface area contributed by atoms with E-state index in [9.17, 15) is 4.79 Å². The maximum absolute atomic E-state index is 11.4. The first kappa shape index (κ1) is 15.7. The fourth-order valence-corrected chi connectivity index (χ4v) is 2.70. The lowest BCUT2D eigenvalue weighted by Gasteiger charge is -2.08. The van der Waals surface area contributed by atoms with Crippen molar-refractivity contribution in [1.29, 1.82) is 0 Å². The monoisotopic (exact) mass is 304 g/mol. The molecule has 0 aliphatic rings. The van der Waals surface area contributed by atoms with E-state index < -0.39 is 0 Å². The SMILES string of the molecule is CC[C@H](C)c1ccc(-c2csc(NC(=O)COC)n2)cc1. The Bertz CT molecular complexity index is 593. The van der Waals surface area contributed by atoms with E-state index in [1.54, 1.807) is 0 Å². The van der Waals surface area contributed by atoms with Crippen LogP contribution in [0.1, 0.15) is 31.7 Å². The standard InChI is InChI=1S/C16H20N2O2S/c1-4-11(2)12-5-7-13(8-6-12)14-10-21-16(17-14)18-15(19)9-20-3/h5-8,10-11H,4,9H2,1-3H3,(H,17,18,19)/t11-/m0/s1. The van der Waals surface area contributed by atoms with Crippen LogP contribution in [0.25, 0.3) is 11.3 Å². The van der Waals surface area contributed by atoms with Gasteiger partial charge >= 0.3 is 0 Å². The maximum atomic E-state index is 11.4. The van der Waals surface area contributed by atoms with Gasteiger partial charge in [0.2, 0.25) is 0 Å². The van der Waals surface area contributed by atoms with Crippen molar-refractivity contribution in [2.24, 2.45) is 0 Å². The van der Waals surface area contributed by atoms with Crippen LogP contribution in [0.3, 0.4) is 0 Å². The maximum Gasteiger partial charge on any atom is 0.252 e. The van der Waals surface area contributed by atoms with E-state index in [0.29, 0.717) is 11.0 Å². The van der Waals surface area contributed by atoms with Crippen LogP contribution in [-0.2, 0) is 9.53 Å². The molecule has 1 atom stereocenters. The molecule has 0 spiro atoms. The first-order chi connectivity index (χ1) is 10.1. The van der Waals surface area contributed by atoms with Gasteiger partial charge in [0.25, 0.3) is 5.91 Å². The average Bonchev–Trinajstić information content (AvgIpc) is 2.95. The highest BCUT2D eigenvalue weighted by Gasteiger charge is 2.08. The van der Waals surface area contributed by atoms with Gasteiger partial charge in [0, 0.05) is 18.1 Å². The number of benzene rings is 1. The third-order valence-electron chi connectivity index (χ3n) is 3.41.